The zero-order valence-corrected chi connectivity index (χ0v) is 16.0. The van der Waals surface area contributed by atoms with Gasteiger partial charge in [0.25, 0.3) is 5.91 Å². The van der Waals surface area contributed by atoms with Crippen LogP contribution < -0.4 is 4.74 Å². The van der Waals surface area contributed by atoms with E-state index in [1.54, 1.807) is 13.2 Å². The summed E-state index contributed by atoms with van der Waals surface area (Å²) in [6, 6.07) is 12.0. The molecule has 2 aromatic rings. The average molecular weight is 379 g/mol. The quantitative estimate of drug-likeness (QED) is 0.888. The van der Waals surface area contributed by atoms with Crippen LogP contribution in [-0.2, 0) is 0 Å². The Morgan fingerprint density at radius 1 is 1.11 bits per heavy atom. The number of likely N-dealkylation sites (tertiary alicyclic amines) is 1. The number of benzene rings is 1. The second-order valence-corrected chi connectivity index (χ2v) is 8.09. The van der Waals surface area contributed by atoms with Gasteiger partial charge in [0.2, 0.25) is 0 Å². The molecule has 2 bridgehead atoms. The van der Waals surface area contributed by atoms with Gasteiger partial charge in [-0.05, 0) is 61.7 Å². The molecule has 4 aliphatic heterocycles. The number of aromatic hydroxyl groups is 1. The van der Waals surface area contributed by atoms with Crippen LogP contribution in [0.5, 0.6) is 11.5 Å². The molecule has 1 aromatic heterocycles. The fraction of sp³-hybridized carbons (Fsp3) is 0.455. The number of rotatable bonds is 3. The Morgan fingerprint density at radius 2 is 1.86 bits per heavy atom. The molecule has 5 heterocycles. The van der Waals surface area contributed by atoms with Gasteiger partial charge in [-0.15, -0.1) is 0 Å². The fourth-order valence-corrected chi connectivity index (χ4v) is 5.46. The van der Waals surface area contributed by atoms with Crippen LogP contribution in [0.25, 0.3) is 0 Å². The highest BCUT2D eigenvalue weighted by Crippen LogP contribution is 2.47. The summed E-state index contributed by atoms with van der Waals surface area (Å²) < 4.78 is 5.31. The van der Waals surface area contributed by atoms with Crippen molar-refractivity contribution in [3.05, 3.63) is 53.9 Å². The molecule has 28 heavy (non-hydrogen) atoms. The minimum absolute atomic E-state index is 0.0280. The standard InChI is InChI=1S/C22H25N3O3/c1-28-17-5-2-14(3-6-17)18-13-25(22(27)19-7-4-16(26)12-23-19)20-15-8-10-24(11-9-15)21(18)20/h2-7,12,15,18,20-21,26H,8-11,13H2,1H3/t18-,20+,21+/m0/s1. The van der Waals surface area contributed by atoms with Crippen molar-refractivity contribution in [2.45, 2.75) is 30.8 Å². The first-order valence-electron chi connectivity index (χ1n) is 9.99. The summed E-state index contributed by atoms with van der Waals surface area (Å²) in [7, 11) is 1.68. The summed E-state index contributed by atoms with van der Waals surface area (Å²) >= 11 is 0. The number of methoxy groups -OCH3 is 1. The zero-order chi connectivity index (χ0) is 19.3. The van der Waals surface area contributed by atoms with Gasteiger partial charge in [-0.1, -0.05) is 12.1 Å². The van der Waals surface area contributed by atoms with Crippen molar-refractivity contribution in [1.82, 2.24) is 14.8 Å². The number of amides is 1. The molecule has 6 heteroatoms. The molecule has 3 atom stereocenters. The van der Waals surface area contributed by atoms with Crippen molar-refractivity contribution in [3.63, 3.8) is 0 Å². The third-order valence-electron chi connectivity index (χ3n) is 6.77. The second-order valence-electron chi connectivity index (χ2n) is 8.09. The molecule has 0 radical (unpaired) electrons. The number of carbonyl (C=O) groups excluding carboxylic acids is 1. The first kappa shape index (κ1) is 17.5. The molecule has 146 valence electrons. The molecule has 0 spiro atoms. The highest BCUT2D eigenvalue weighted by molar-refractivity contribution is 5.93. The summed E-state index contributed by atoms with van der Waals surface area (Å²) in [5, 5.41) is 9.51. The number of aromatic nitrogens is 1. The van der Waals surface area contributed by atoms with Crippen molar-refractivity contribution < 1.29 is 14.6 Å². The lowest BCUT2D eigenvalue weighted by Crippen LogP contribution is -2.60. The van der Waals surface area contributed by atoms with Crippen LogP contribution in [0.3, 0.4) is 0 Å². The lowest BCUT2D eigenvalue weighted by atomic mass is 9.75. The first-order valence-corrected chi connectivity index (χ1v) is 9.99. The van der Waals surface area contributed by atoms with Gasteiger partial charge in [-0.3, -0.25) is 9.69 Å². The summed E-state index contributed by atoms with van der Waals surface area (Å²) in [5.41, 5.74) is 1.67. The Hall–Kier alpha value is -2.60. The summed E-state index contributed by atoms with van der Waals surface area (Å²) in [6.07, 6.45) is 3.66. The Balaban J connectivity index is 1.49. The van der Waals surface area contributed by atoms with E-state index in [0.717, 1.165) is 31.7 Å². The maximum absolute atomic E-state index is 13.3. The summed E-state index contributed by atoms with van der Waals surface area (Å²) in [6.45, 7) is 2.95. The van der Waals surface area contributed by atoms with E-state index in [1.807, 2.05) is 12.1 Å². The van der Waals surface area contributed by atoms with Crippen LogP contribution >= 0.6 is 0 Å². The van der Waals surface area contributed by atoms with E-state index in [1.165, 1.54) is 17.8 Å². The Kier molecular flexibility index (Phi) is 4.23. The molecule has 0 saturated carbocycles. The molecule has 4 aliphatic rings. The van der Waals surface area contributed by atoms with Gasteiger partial charge >= 0.3 is 0 Å². The number of nitrogens with zero attached hydrogens (tertiary/aromatic N) is 3. The summed E-state index contributed by atoms with van der Waals surface area (Å²) in [4.78, 5) is 22.1. The van der Waals surface area contributed by atoms with Crippen LogP contribution in [0.1, 0.15) is 34.8 Å². The molecular weight excluding hydrogens is 354 g/mol. The van der Waals surface area contributed by atoms with Crippen molar-refractivity contribution in [1.29, 1.82) is 0 Å². The van der Waals surface area contributed by atoms with Crippen LogP contribution in [0.2, 0.25) is 0 Å². The van der Waals surface area contributed by atoms with Crippen molar-refractivity contribution >= 4 is 5.91 Å². The molecule has 4 saturated heterocycles. The largest absolute Gasteiger partial charge is 0.506 e. The molecule has 6 nitrogen and oxygen atoms in total. The Morgan fingerprint density at radius 3 is 2.50 bits per heavy atom. The number of pyridine rings is 1. The molecule has 0 aliphatic carbocycles. The molecule has 0 unspecified atom stereocenters. The monoisotopic (exact) mass is 379 g/mol. The van der Waals surface area contributed by atoms with Crippen LogP contribution in [0.4, 0.5) is 0 Å². The van der Waals surface area contributed by atoms with E-state index in [9.17, 15) is 9.90 Å². The number of carbonyl (C=O) groups is 1. The van der Waals surface area contributed by atoms with E-state index >= 15 is 0 Å². The highest BCUT2D eigenvalue weighted by atomic mass is 16.5. The maximum atomic E-state index is 13.3. The maximum Gasteiger partial charge on any atom is 0.272 e. The zero-order valence-electron chi connectivity index (χ0n) is 16.0. The van der Waals surface area contributed by atoms with Crippen molar-refractivity contribution in [2.24, 2.45) is 5.92 Å². The molecule has 1 amide bonds. The number of ether oxygens (including phenoxy) is 1. The van der Waals surface area contributed by atoms with E-state index < -0.39 is 0 Å². The molecule has 6 rings (SSSR count). The minimum atomic E-state index is -0.0280. The smallest absolute Gasteiger partial charge is 0.272 e. The number of hydrogen-bond donors (Lipinski definition) is 1. The van der Waals surface area contributed by atoms with Gasteiger partial charge < -0.3 is 14.7 Å². The molecule has 1 N–H and O–H groups in total. The molecular formula is C22H25N3O3. The molecule has 1 aromatic carbocycles. The predicted molar refractivity (Wildman–Crippen MR) is 105 cm³/mol. The Bertz CT molecular complexity index is 860. The van der Waals surface area contributed by atoms with Gasteiger partial charge in [0.1, 0.15) is 17.2 Å². The normalized spacial score (nSPS) is 30.9. The predicted octanol–water partition coefficient (Wildman–Crippen LogP) is 2.50. The van der Waals surface area contributed by atoms with Crippen LogP contribution in [0, 0.1) is 5.92 Å². The first-order chi connectivity index (χ1) is 13.7. The second kappa shape index (κ2) is 6.78. The van der Waals surface area contributed by atoms with Crippen LogP contribution in [-0.4, -0.2) is 64.6 Å². The van der Waals surface area contributed by atoms with E-state index in [0.29, 0.717) is 30.1 Å². The average Bonchev–Trinajstić information content (AvgIpc) is 3.17. The highest BCUT2D eigenvalue weighted by Gasteiger charge is 2.54. The third kappa shape index (κ3) is 2.75. The fourth-order valence-electron chi connectivity index (χ4n) is 5.46. The van der Waals surface area contributed by atoms with Gasteiger partial charge in [-0.25, -0.2) is 4.98 Å². The van der Waals surface area contributed by atoms with E-state index in [-0.39, 0.29) is 17.7 Å². The number of fused-ring (bicyclic) bond motifs is 2. The van der Waals surface area contributed by atoms with Crippen molar-refractivity contribution in [2.75, 3.05) is 26.7 Å². The van der Waals surface area contributed by atoms with E-state index in [2.05, 4.69) is 26.9 Å². The van der Waals surface area contributed by atoms with Gasteiger partial charge in [-0.2, -0.15) is 0 Å². The Labute approximate surface area is 164 Å². The lowest BCUT2D eigenvalue weighted by molar-refractivity contribution is -0.00358. The van der Waals surface area contributed by atoms with Gasteiger partial charge in [0.15, 0.2) is 0 Å². The molecule has 4 fully saturated rings. The van der Waals surface area contributed by atoms with Crippen molar-refractivity contribution in [3.8, 4) is 11.5 Å². The summed E-state index contributed by atoms with van der Waals surface area (Å²) in [5.74, 6) is 1.75. The third-order valence-corrected chi connectivity index (χ3v) is 6.77. The van der Waals surface area contributed by atoms with Gasteiger partial charge in [0, 0.05) is 18.5 Å². The number of hydrogen-bond acceptors (Lipinski definition) is 5. The van der Waals surface area contributed by atoms with Crippen LogP contribution in [0.15, 0.2) is 42.6 Å². The minimum Gasteiger partial charge on any atom is -0.506 e. The number of piperidine rings is 3. The topological polar surface area (TPSA) is 65.9 Å². The van der Waals surface area contributed by atoms with Gasteiger partial charge in [0.05, 0.1) is 19.3 Å². The lowest BCUT2D eigenvalue weighted by Gasteiger charge is -2.51. The SMILES string of the molecule is COc1ccc([C@@H]2CN(C(=O)c3ccc(O)cn3)[C@@H]3C4CCN(CC4)[C@@H]32)cc1. The van der Waals surface area contributed by atoms with E-state index in [4.69, 9.17) is 4.74 Å².